The van der Waals surface area contributed by atoms with Crippen molar-refractivity contribution in [3.63, 3.8) is 0 Å². The van der Waals surface area contributed by atoms with Gasteiger partial charge in [0, 0.05) is 38.3 Å². The van der Waals surface area contributed by atoms with E-state index < -0.39 is 5.41 Å². The topological polar surface area (TPSA) is 59.1 Å². The summed E-state index contributed by atoms with van der Waals surface area (Å²) in [5.41, 5.74) is -0.0999. The Bertz CT molecular complexity index is 742. The van der Waals surface area contributed by atoms with Crippen molar-refractivity contribution < 1.29 is 23.5 Å². The fourth-order valence-electron chi connectivity index (χ4n) is 4.27. The molecule has 1 atom stereocenters. The molecular weight excluding hydrogens is 375 g/mol. The van der Waals surface area contributed by atoms with Gasteiger partial charge in [-0.2, -0.15) is 0 Å². The van der Waals surface area contributed by atoms with Gasteiger partial charge in [0.1, 0.15) is 18.2 Å². The lowest BCUT2D eigenvalue weighted by molar-refractivity contribution is -0.147. The maximum absolute atomic E-state index is 14.2. The first-order valence-electron chi connectivity index (χ1n) is 10.5. The molecule has 2 aliphatic heterocycles. The van der Waals surface area contributed by atoms with Crippen molar-refractivity contribution in [1.82, 2.24) is 9.80 Å². The molecule has 7 heteroatoms. The van der Waals surface area contributed by atoms with Crippen LogP contribution in [0.1, 0.15) is 44.6 Å². The molecule has 160 valence electrons. The Labute approximate surface area is 171 Å². The maximum Gasteiger partial charge on any atom is 0.248 e. The molecule has 0 saturated carbocycles. The van der Waals surface area contributed by atoms with E-state index in [2.05, 4.69) is 6.92 Å². The number of likely N-dealkylation sites (tertiary alicyclic amines) is 2. The standard InChI is InChI=1S/C22H31FN2O4/c1-3-4-12-29-15-20(26)25-11-9-22(16-25)8-5-10-24(21(22)27)14-17-13-18(28-2)6-7-19(17)23/h6-7,13H,3-5,8-12,14-16H2,1-2H3/t22-/m0/s1. The fourth-order valence-corrected chi connectivity index (χ4v) is 4.27. The van der Waals surface area contributed by atoms with E-state index in [1.54, 1.807) is 21.9 Å². The minimum absolute atomic E-state index is 0.0215. The van der Waals surface area contributed by atoms with E-state index in [4.69, 9.17) is 9.47 Å². The molecule has 2 amide bonds. The second-order valence-corrected chi connectivity index (χ2v) is 8.04. The summed E-state index contributed by atoms with van der Waals surface area (Å²) < 4.78 is 24.9. The van der Waals surface area contributed by atoms with Gasteiger partial charge in [-0.15, -0.1) is 0 Å². The monoisotopic (exact) mass is 406 g/mol. The van der Waals surface area contributed by atoms with Gasteiger partial charge in [0.25, 0.3) is 0 Å². The van der Waals surface area contributed by atoms with Crippen LogP contribution in [-0.2, 0) is 20.9 Å². The molecular formula is C22H31FN2O4. The summed E-state index contributed by atoms with van der Waals surface area (Å²) in [6.45, 7) is 4.56. The highest BCUT2D eigenvalue weighted by Gasteiger charge is 2.49. The Kier molecular flexibility index (Phi) is 7.11. The van der Waals surface area contributed by atoms with Gasteiger partial charge < -0.3 is 19.3 Å². The summed E-state index contributed by atoms with van der Waals surface area (Å²) in [5.74, 6) is 0.196. The van der Waals surface area contributed by atoms with Crippen molar-refractivity contribution in [1.29, 1.82) is 0 Å². The average Bonchev–Trinajstić information content (AvgIpc) is 3.15. The third-order valence-electron chi connectivity index (χ3n) is 6.01. The molecule has 2 saturated heterocycles. The Hall–Kier alpha value is -2.15. The molecule has 6 nitrogen and oxygen atoms in total. The zero-order chi connectivity index (χ0) is 20.9. The van der Waals surface area contributed by atoms with E-state index in [1.165, 1.54) is 13.2 Å². The lowest BCUT2D eigenvalue weighted by Crippen LogP contribution is -2.50. The molecule has 0 aromatic heterocycles. The van der Waals surface area contributed by atoms with E-state index in [0.717, 1.165) is 25.7 Å². The minimum atomic E-state index is -0.549. The highest BCUT2D eigenvalue weighted by molar-refractivity contribution is 5.86. The Morgan fingerprint density at radius 3 is 2.86 bits per heavy atom. The number of benzene rings is 1. The van der Waals surface area contributed by atoms with Crippen LogP contribution >= 0.6 is 0 Å². The third-order valence-corrected chi connectivity index (χ3v) is 6.01. The van der Waals surface area contributed by atoms with Crippen LogP contribution < -0.4 is 4.74 Å². The number of carbonyl (C=O) groups excluding carboxylic acids is 2. The van der Waals surface area contributed by atoms with Crippen molar-refractivity contribution in [2.45, 2.75) is 45.6 Å². The third kappa shape index (κ3) is 4.89. The first-order valence-corrected chi connectivity index (χ1v) is 10.5. The summed E-state index contributed by atoms with van der Waals surface area (Å²) in [7, 11) is 1.54. The molecule has 1 aromatic rings. The maximum atomic E-state index is 14.2. The lowest BCUT2D eigenvalue weighted by Gasteiger charge is -2.39. The van der Waals surface area contributed by atoms with Crippen LogP contribution in [-0.4, -0.2) is 61.6 Å². The molecule has 0 bridgehead atoms. The number of unbranched alkanes of at least 4 members (excludes halogenated alkanes) is 1. The molecule has 2 fully saturated rings. The fraction of sp³-hybridized carbons (Fsp3) is 0.636. The Morgan fingerprint density at radius 1 is 1.28 bits per heavy atom. The van der Waals surface area contributed by atoms with Crippen molar-refractivity contribution in [3.05, 3.63) is 29.6 Å². The Balaban J connectivity index is 1.63. The molecule has 1 spiro atoms. The molecule has 0 N–H and O–H groups in total. The van der Waals surface area contributed by atoms with E-state index in [1.807, 2.05) is 0 Å². The molecule has 1 aromatic carbocycles. The number of hydrogen-bond donors (Lipinski definition) is 0. The molecule has 0 unspecified atom stereocenters. The summed E-state index contributed by atoms with van der Waals surface area (Å²) >= 11 is 0. The zero-order valence-corrected chi connectivity index (χ0v) is 17.4. The summed E-state index contributed by atoms with van der Waals surface area (Å²) in [4.78, 5) is 29.2. The highest BCUT2D eigenvalue weighted by atomic mass is 19.1. The second kappa shape index (κ2) is 9.57. The van der Waals surface area contributed by atoms with Crippen LogP contribution in [0.15, 0.2) is 18.2 Å². The molecule has 0 radical (unpaired) electrons. The van der Waals surface area contributed by atoms with E-state index in [9.17, 15) is 14.0 Å². The second-order valence-electron chi connectivity index (χ2n) is 8.04. The van der Waals surface area contributed by atoms with Gasteiger partial charge in [-0.05, 0) is 43.9 Å². The quantitative estimate of drug-likeness (QED) is 0.623. The van der Waals surface area contributed by atoms with Crippen LogP contribution in [0.3, 0.4) is 0 Å². The van der Waals surface area contributed by atoms with Gasteiger partial charge in [0.2, 0.25) is 11.8 Å². The smallest absolute Gasteiger partial charge is 0.248 e. The van der Waals surface area contributed by atoms with E-state index in [-0.39, 0.29) is 30.8 Å². The van der Waals surface area contributed by atoms with Crippen LogP contribution in [0, 0.1) is 11.2 Å². The molecule has 0 aliphatic carbocycles. The van der Waals surface area contributed by atoms with Crippen LogP contribution in [0.25, 0.3) is 0 Å². The molecule has 29 heavy (non-hydrogen) atoms. The van der Waals surface area contributed by atoms with Gasteiger partial charge in [0.05, 0.1) is 12.5 Å². The van der Waals surface area contributed by atoms with Gasteiger partial charge in [0.15, 0.2) is 0 Å². The number of amides is 2. The number of nitrogens with zero attached hydrogens (tertiary/aromatic N) is 2. The van der Waals surface area contributed by atoms with Crippen LogP contribution in [0.4, 0.5) is 4.39 Å². The number of piperidine rings is 1. The number of methoxy groups -OCH3 is 1. The van der Waals surface area contributed by atoms with Crippen molar-refractivity contribution in [2.75, 3.05) is 40.0 Å². The number of rotatable bonds is 8. The Morgan fingerprint density at radius 2 is 2.10 bits per heavy atom. The minimum Gasteiger partial charge on any atom is -0.497 e. The van der Waals surface area contributed by atoms with Crippen molar-refractivity contribution >= 4 is 11.8 Å². The van der Waals surface area contributed by atoms with Crippen LogP contribution in [0.5, 0.6) is 5.75 Å². The van der Waals surface area contributed by atoms with E-state index >= 15 is 0 Å². The van der Waals surface area contributed by atoms with Crippen molar-refractivity contribution in [2.24, 2.45) is 5.41 Å². The molecule has 2 aliphatic rings. The van der Waals surface area contributed by atoms with Gasteiger partial charge in [-0.1, -0.05) is 13.3 Å². The number of carbonyl (C=O) groups is 2. The van der Waals surface area contributed by atoms with E-state index in [0.29, 0.717) is 44.0 Å². The zero-order valence-electron chi connectivity index (χ0n) is 17.4. The first kappa shape index (κ1) is 21.6. The highest BCUT2D eigenvalue weighted by Crippen LogP contribution is 2.40. The number of ether oxygens (including phenoxy) is 2. The predicted octanol–water partition coefficient (Wildman–Crippen LogP) is 2.99. The average molecular weight is 406 g/mol. The first-order chi connectivity index (χ1) is 14.0. The summed E-state index contributed by atoms with van der Waals surface area (Å²) in [5, 5.41) is 0. The predicted molar refractivity (Wildman–Crippen MR) is 107 cm³/mol. The molecule has 2 heterocycles. The van der Waals surface area contributed by atoms with Gasteiger partial charge in [-0.25, -0.2) is 4.39 Å². The summed E-state index contributed by atoms with van der Waals surface area (Å²) in [6.07, 6.45) is 4.24. The van der Waals surface area contributed by atoms with Gasteiger partial charge in [-0.3, -0.25) is 9.59 Å². The normalized spacial score (nSPS) is 21.8. The number of halogens is 1. The molecule has 3 rings (SSSR count). The largest absolute Gasteiger partial charge is 0.497 e. The lowest BCUT2D eigenvalue weighted by atomic mass is 9.78. The summed E-state index contributed by atoms with van der Waals surface area (Å²) in [6, 6.07) is 4.58. The SMILES string of the molecule is CCCCOCC(=O)N1CC[C@@]2(CCCN(Cc3cc(OC)ccc3F)C2=O)C1. The van der Waals surface area contributed by atoms with Gasteiger partial charge >= 0.3 is 0 Å². The number of hydrogen-bond acceptors (Lipinski definition) is 4. The van der Waals surface area contributed by atoms with Crippen molar-refractivity contribution in [3.8, 4) is 5.75 Å². The van der Waals surface area contributed by atoms with Crippen LogP contribution in [0.2, 0.25) is 0 Å².